The highest BCUT2D eigenvalue weighted by Gasteiger charge is 2.40. The van der Waals surface area contributed by atoms with Gasteiger partial charge < -0.3 is 0 Å². The second-order valence-electron chi connectivity index (χ2n) is 6.72. The summed E-state index contributed by atoms with van der Waals surface area (Å²) < 4.78 is 0. The Labute approximate surface area is 137 Å². The van der Waals surface area contributed by atoms with E-state index < -0.39 is 0 Å². The number of likely N-dealkylation sites (tertiary alicyclic amines) is 1. The highest BCUT2D eigenvalue weighted by Crippen LogP contribution is 2.27. The molecule has 1 atom stereocenters. The molecule has 6 heteroatoms. The lowest BCUT2D eigenvalue weighted by Crippen LogP contribution is -2.37. The monoisotopic (exact) mass is 322 g/mol. The lowest BCUT2D eigenvalue weighted by Gasteiger charge is -2.19. The summed E-state index contributed by atoms with van der Waals surface area (Å²) in [4.78, 5) is 47.5. The van der Waals surface area contributed by atoms with Crippen LogP contribution in [0, 0.1) is 11.8 Å². The smallest absolute Gasteiger partial charge is 0.253 e. The number of rotatable bonds is 3. The van der Waals surface area contributed by atoms with E-state index in [-0.39, 0.29) is 47.5 Å². The van der Waals surface area contributed by atoms with Crippen LogP contribution in [0.15, 0.2) is 12.2 Å². The van der Waals surface area contributed by atoms with Gasteiger partial charge in [-0.15, -0.1) is 0 Å². The molecule has 1 saturated heterocycles. The van der Waals surface area contributed by atoms with Crippen LogP contribution in [0.4, 0.5) is 0 Å². The van der Waals surface area contributed by atoms with E-state index in [1.165, 1.54) is 22.0 Å². The average Bonchev–Trinajstić information content (AvgIpc) is 2.90. The summed E-state index contributed by atoms with van der Waals surface area (Å²) in [6.07, 6.45) is 2.99. The molecule has 0 aromatic carbocycles. The lowest BCUT2D eigenvalue weighted by atomic mass is 9.94. The van der Waals surface area contributed by atoms with E-state index in [0.29, 0.717) is 6.42 Å². The summed E-state index contributed by atoms with van der Waals surface area (Å²) in [6.45, 7) is 11.3. The predicted molar refractivity (Wildman–Crippen MR) is 86.1 cm³/mol. The Balaban J connectivity index is 0.000000238. The van der Waals surface area contributed by atoms with Crippen LogP contribution in [-0.2, 0) is 19.2 Å². The fourth-order valence-corrected chi connectivity index (χ4v) is 2.66. The van der Waals surface area contributed by atoms with Gasteiger partial charge in [-0.25, -0.2) is 0 Å². The maximum atomic E-state index is 11.7. The van der Waals surface area contributed by atoms with E-state index in [0.717, 1.165) is 0 Å². The van der Waals surface area contributed by atoms with Gasteiger partial charge in [-0.1, -0.05) is 13.8 Å². The third-order valence-electron chi connectivity index (χ3n) is 3.90. The zero-order valence-electron chi connectivity index (χ0n) is 14.7. The van der Waals surface area contributed by atoms with Gasteiger partial charge in [0.05, 0.1) is 0 Å². The van der Waals surface area contributed by atoms with Gasteiger partial charge in [0.1, 0.15) is 0 Å². The third kappa shape index (κ3) is 4.27. The van der Waals surface area contributed by atoms with Crippen LogP contribution in [-0.4, -0.2) is 45.5 Å². The molecule has 2 rings (SSSR count). The highest BCUT2D eigenvalue weighted by molar-refractivity contribution is 6.13. The molecule has 23 heavy (non-hydrogen) atoms. The largest absolute Gasteiger partial charge is 0.280 e. The molecular formula is C17H26N2O4. The molecule has 0 spiro atoms. The molecule has 1 fully saturated rings. The van der Waals surface area contributed by atoms with Gasteiger partial charge in [-0.2, -0.15) is 0 Å². The Hall–Kier alpha value is -1.98. The number of hydrogen-bond donors (Lipinski definition) is 0. The first-order valence-corrected chi connectivity index (χ1v) is 7.99. The first-order valence-electron chi connectivity index (χ1n) is 7.99. The van der Waals surface area contributed by atoms with E-state index in [2.05, 4.69) is 0 Å². The molecule has 1 unspecified atom stereocenters. The number of hydrogen-bond acceptors (Lipinski definition) is 4. The zero-order valence-corrected chi connectivity index (χ0v) is 14.7. The van der Waals surface area contributed by atoms with E-state index in [4.69, 9.17) is 0 Å². The SMILES string of the molecule is CC(C)C1CC(=O)N(C(C)C)C1=O.CC(C)N1C(=O)C=CC1=O. The molecular weight excluding hydrogens is 296 g/mol. The second kappa shape index (κ2) is 7.53. The summed E-state index contributed by atoms with van der Waals surface area (Å²) in [5.41, 5.74) is 0. The van der Waals surface area contributed by atoms with E-state index in [1.807, 2.05) is 41.5 Å². The van der Waals surface area contributed by atoms with E-state index >= 15 is 0 Å². The summed E-state index contributed by atoms with van der Waals surface area (Å²) in [5.74, 6) is -0.246. The molecule has 0 radical (unpaired) electrons. The molecule has 0 saturated carbocycles. The Morgan fingerprint density at radius 3 is 1.48 bits per heavy atom. The number of amides is 4. The van der Waals surface area contributed by atoms with Crippen molar-refractivity contribution in [1.82, 2.24) is 9.80 Å². The minimum absolute atomic E-state index is 0.00347. The van der Waals surface area contributed by atoms with Crippen molar-refractivity contribution in [2.75, 3.05) is 0 Å². The Morgan fingerprint density at radius 2 is 1.26 bits per heavy atom. The van der Waals surface area contributed by atoms with Gasteiger partial charge in [-0.3, -0.25) is 29.0 Å². The minimum Gasteiger partial charge on any atom is -0.280 e. The highest BCUT2D eigenvalue weighted by atomic mass is 16.2. The molecule has 2 aliphatic heterocycles. The molecule has 0 aromatic rings. The van der Waals surface area contributed by atoms with Crippen LogP contribution in [0.1, 0.15) is 48.0 Å². The molecule has 0 aromatic heterocycles. The summed E-state index contributed by atoms with van der Waals surface area (Å²) in [5, 5.41) is 0. The Morgan fingerprint density at radius 1 is 0.826 bits per heavy atom. The van der Waals surface area contributed by atoms with Crippen molar-refractivity contribution in [3.63, 3.8) is 0 Å². The molecule has 2 heterocycles. The number of carbonyl (C=O) groups is 4. The predicted octanol–water partition coefficient (Wildman–Crippen LogP) is 1.75. The molecule has 0 aliphatic carbocycles. The van der Waals surface area contributed by atoms with Crippen LogP contribution in [0.5, 0.6) is 0 Å². The van der Waals surface area contributed by atoms with Gasteiger partial charge in [0.15, 0.2) is 0 Å². The van der Waals surface area contributed by atoms with E-state index in [1.54, 1.807) is 0 Å². The van der Waals surface area contributed by atoms with Gasteiger partial charge in [-0.05, 0) is 33.6 Å². The number of imide groups is 2. The van der Waals surface area contributed by atoms with Crippen LogP contribution in [0.25, 0.3) is 0 Å². The maximum absolute atomic E-state index is 11.7. The molecule has 6 nitrogen and oxygen atoms in total. The number of nitrogens with zero attached hydrogens (tertiary/aromatic N) is 2. The van der Waals surface area contributed by atoms with Crippen molar-refractivity contribution in [2.45, 2.75) is 60.0 Å². The summed E-state index contributed by atoms with van der Waals surface area (Å²) in [7, 11) is 0. The lowest BCUT2D eigenvalue weighted by molar-refractivity contribution is -0.142. The quantitative estimate of drug-likeness (QED) is 0.742. The van der Waals surface area contributed by atoms with Crippen molar-refractivity contribution in [3.8, 4) is 0 Å². The first kappa shape index (κ1) is 19.1. The Bertz CT molecular complexity index is 517. The fraction of sp³-hybridized carbons (Fsp3) is 0.647. The third-order valence-corrected chi connectivity index (χ3v) is 3.90. The van der Waals surface area contributed by atoms with Crippen LogP contribution in [0.2, 0.25) is 0 Å². The van der Waals surface area contributed by atoms with Crippen LogP contribution < -0.4 is 0 Å². The summed E-state index contributed by atoms with van der Waals surface area (Å²) in [6, 6.07) is -0.0289. The molecule has 2 aliphatic rings. The maximum Gasteiger partial charge on any atom is 0.253 e. The van der Waals surface area contributed by atoms with Gasteiger partial charge in [0, 0.05) is 36.6 Å². The molecule has 128 valence electrons. The normalized spacial score (nSPS) is 21.2. The van der Waals surface area contributed by atoms with Crippen molar-refractivity contribution in [1.29, 1.82) is 0 Å². The van der Waals surface area contributed by atoms with Crippen molar-refractivity contribution in [3.05, 3.63) is 12.2 Å². The minimum atomic E-state index is -0.208. The second-order valence-corrected chi connectivity index (χ2v) is 6.72. The fourth-order valence-electron chi connectivity index (χ4n) is 2.66. The van der Waals surface area contributed by atoms with Gasteiger partial charge in [0.25, 0.3) is 11.8 Å². The molecule has 4 amide bonds. The van der Waals surface area contributed by atoms with Gasteiger partial charge >= 0.3 is 0 Å². The van der Waals surface area contributed by atoms with Crippen LogP contribution in [0.3, 0.4) is 0 Å². The van der Waals surface area contributed by atoms with Crippen molar-refractivity contribution < 1.29 is 19.2 Å². The first-order chi connectivity index (χ1) is 10.6. The topological polar surface area (TPSA) is 74.8 Å². The van der Waals surface area contributed by atoms with E-state index in [9.17, 15) is 19.2 Å². The Kier molecular flexibility index (Phi) is 6.24. The average molecular weight is 322 g/mol. The van der Waals surface area contributed by atoms with Crippen LogP contribution >= 0.6 is 0 Å². The summed E-state index contributed by atoms with van der Waals surface area (Å²) >= 11 is 0. The number of carbonyl (C=O) groups excluding carboxylic acids is 4. The molecule has 0 N–H and O–H groups in total. The van der Waals surface area contributed by atoms with Crippen molar-refractivity contribution >= 4 is 23.6 Å². The molecule has 0 bridgehead atoms. The van der Waals surface area contributed by atoms with Gasteiger partial charge in [0.2, 0.25) is 11.8 Å². The zero-order chi connectivity index (χ0) is 17.9. The van der Waals surface area contributed by atoms with Crippen molar-refractivity contribution in [2.24, 2.45) is 11.8 Å². The standard InChI is InChI=1S/C10H17NO2.C7H9NO2/c1-6(2)8-5-9(12)11(7(3)4)10(8)13;1-5(2)8-6(9)3-4-7(8)10/h6-8H,5H2,1-4H3;3-5H,1-2H3.